The first-order valence-corrected chi connectivity index (χ1v) is 10.8. The molecule has 2 amide bonds. The standard InChI is InChI=1S/C23H22F3N5O2S/c1-22(2)20(33)30(16-11-17(23(24,25)26)18(12-27)29-13-16)21(34)31(22)15-9-7-14(8-10-15)5-4-6-19(32)28-3/h7-11,13H,4-6H2,1-3H3,(H,28,32). The summed E-state index contributed by atoms with van der Waals surface area (Å²) in [5, 5.41) is 11.6. The number of aromatic nitrogens is 1. The normalized spacial score (nSPS) is 15.4. The van der Waals surface area contributed by atoms with E-state index in [4.69, 9.17) is 17.5 Å². The molecule has 178 valence electrons. The summed E-state index contributed by atoms with van der Waals surface area (Å²) in [4.78, 5) is 30.8. The molecule has 1 aliphatic rings. The van der Waals surface area contributed by atoms with Gasteiger partial charge in [-0.25, -0.2) is 4.98 Å². The lowest BCUT2D eigenvalue weighted by Gasteiger charge is -2.29. The molecule has 0 atom stereocenters. The van der Waals surface area contributed by atoms with E-state index in [9.17, 15) is 22.8 Å². The molecule has 1 aliphatic heterocycles. The van der Waals surface area contributed by atoms with Crippen LogP contribution in [0.4, 0.5) is 24.5 Å². The number of pyridine rings is 1. The molecule has 0 bridgehead atoms. The van der Waals surface area contributed by atoms with Crippen molar-refractivity contribution >= 4 is 40.5 Å². The molecule has 0 spiro atoms. The highest BCUT2D eigenvalue weighted by atomic mass is 32.1. The molecule has 0 radical (unpaired) electrons. The maximum absolute atomic E-state index is 13.4. The number of anilines is 2. The maximum Gasteiger partial charge on any atom is 0.419 e. The second-order valence-electron chi connectivity index (χ2n) is 8.21. The number of carbonyl (C=O) groups excluding carboxylic acids is 2. The zero-order valence-electron chi connectivity index (χ0n) is 18.7. The number of nitrogens with zero attached hydrogens (tertiary/aromatic N) is 4. The van der Waals surface area contributed by atoms with Gasteiger partial charge >= 0.3 is 6.18 Å². The van der Waals surface area contributed by atoms with Gasteiger partial charge in [0.1, 0.15) is 11.6 Å². The second kappa shape index (κ2) is 9.38. The Balaban J connectivity index is 1.90. The first-order chi connectivity index (χ1) is 15.9. The van der Waals surface area contributed by atoms with E-state index in [0.717, 1.165) is 16.7 Å². The van der Waals surface area contributed by atoms with Gasteiger partial charge < -0.3 is 10.2 Å². The van der Waals surface area contributed by atoms with Gasteiger partial charge in [0.15, 0.2) is 10.8 Å². The first-order valence-electron chi connectivity index (χ1n) is 10.4. The number of thiocarbonyl (C=S) groups is 1. The van der Waals surface area contributed by atoms with Crippen molar-refractivity contribution in [1.82, 2.24) is 10.3 Å². The van der Waals surface area contributed by atoms with Crippen molar-refractivity contribution in [2.24, 2.45) is 0 Å². The Morgan fingerprint density at radius 1 is 1.24 bits per heavy atom. The van der Waals surface area contributed by atoms with Crippen LogP contribution in [0.2, 0.25) is 0 Å². The molecule has 1 fully saturated rings. The van der Waals surface area contributed by atoms with Gasteiger partial charge in [0, 0.05) is 19.2 Å². The van der Waals surface area contributed by atoms with Crippen molar-refractivity contribution in [3.05, 3.63) is 53.3 Å². The van der Waals surface area contributed by atoms with Gasteiger partial charge in [0.05, 0.1) is 17.4 Å². The Labute approximate surface area is 200 Å². The topological polar surface area (TPSA) is 89.3 Å². The summed E-state index contributed by atoms with van der Waals surface area (Å²) in [6, 6.07) is 9.40. The maximum atomic E-state index is 13.4. The predicted octanol–water partition coefficient (Wildman–Crippen LogP) is 3.96. The lowest BCUT2D eigenvalue weighted by molar-refractivity contribution is -0.138. The Hall–Kier alpha value is -3.52. The monoisotopic (exact) mass is 489 g/mol. The third-order valence-electron chi connectivity index (χ3n) is 5.55. The lowest BCUT2D eigenvalue weighted by Crippen LogP contribution is -2.44. The van der Waals surface area contributed by atoms with E-state index in [1.807, 2.05) is 12.1 Å². The fraction of sp³-hybridized carbons (Fsp3) is 0.348. The molecule has 2 aromatic rings. The van der Waals surface area contributed by atoms with E-state index in [2.05, 4.69) is 10.3 Å². The first kappa shape index (κ1) is 25.1. The van der Waals surface area contributed by atoms with Crippen molar-refractivity contribution in [1.29, 1.82) is 5.26 Å². The summed E-state index contributed by atoms with van der Waals surface area (Å²) >= 11 is 5.51. The van der Waals surface area contributed by atoms with E-state index in [1.54, 1.807) is 37.9 Å². The zero-order chi connectivity index (χ0) is 25.3. The average molecular weight is 490 g/mol. The number of nitriles is 1. The van der Waals surface area contributed by atoms with Crippen molar-refractivity contribution in [2.75, 3.05) is 16.8 Å². The molecule has 0 aliphatic carbocycles. The Morgan fingerprint density at radius 3 is 2.44 bits per heavy atom. The molecule has 1 N–H and O–H groups in total. The van der Waals surface area contributed by atoms with Crippen LogP contribution in [0.1, 0.15) is 43.5 Å². The lowest BCUT2D eigenvalue weighted by atomic mass is 10.0. The van der Waals surface area contributed by atoms with Crippen molar-refractivity contribution in [3.63, 3.8) is 0 Å². The number of benzene rings is 1. The van der Waals surface area contributed by atoms with Gasteiger partial charge in [-0.3, -0.25) is 14.5 Å². The van der Waals surface area contributed by atoms with E-state index in [0.29, 0.717) is 31.0 Å². The molecule has 1 aromatic carbocycles. The third kappa shape index (κ3) is 4.72. The highest BCUT2D eigenvalue weighted by molar-refractivity contribution is 7.81. The van der Waals surface area contributed by atoms with E-state index < -0.39 is 28.9 Å². The number of amides is 2. The number of aryl methyl sites for hydroxylation is 1. The van der Waals surface area contributed by atoms with Crippen LogP contribution in [-0.2, 0) is 22.2 Å². The summed E-state index contributed by atoms with van der Waals surface area (Å²) in [6.45, 7) is 3.25. The molecular weight excluding hydrogens is 467 g/mol. The van der Waals surface area contributed by atoms with E-state index >= 15 is 0 Å². The van der Waals surface area contributed by atoms with E-state index in [1.165, 1.54) is 6.07 Å². The van der Waals surface area contributed by atoms with Crippen molar-refractivity contribution in [3.8, 4) is 6.07 Å². The van der Waals surface area contributed by atoms with Crippen LogP contribution in [0.15, 0.2) is 36.5 Å². The van der Waals surface area contributed by atoms with Crippen LogP contribution >= 0.6 is 12.2 Å². The molecule has 34 heavy (non-hydrogen) atoms. The van der Waals surface area contributed by atoms with Crippen LogP contribution < -0.4 is 15.1 Å². The number of nitrogens with one attached hydrogen (secondary N) is 1. The second-order valence-corrected chi connectivity index (χ2v) is 8.58. The highest BCUT2D eigenvalue weighted by Gasteiger charge is 2.50. The summed E-state index contributed by atoms with van der Waals surface area (Å²) in [6.07, 6.45) is -2.02. The summed E-state index contributed by atoms with van der Waals surface area (Å²) in [5.74, 6) is -0.558. The number of rotatable bonds is 6. The summed E-state index contributed by atoms with van der Waals surface area (Å²) in [7, 11) is 1.58. The van der Waals surface area contributed by atoms with Gasteiger partial charge in [0.25, 0.3) is 5.91 Å². The number of hydrogen-bond acceptors (Lipinski definition) is 5. The highest BCUT2D eigenvalue weighted by Crippen LogP contribution is 2.39. The number of carbonyl (C=O) groups is 2. The number of hydrogen-bond donors (Lipinski definition) is 1. The minimum absolute atomic E-state index is 0.00185. The summed E-state index contributed by atoms with van der Waals surface area (Å²) < 4.78 is 40.3. The van der Waals surface area contributed by atoms with Gasteiger partial charge in [-0.05, 0) is 62.7 Å². The van der Waals surface area contributed by atoms with Crippen molar-refractivity contribution in [2.45, 2.75) is 44.8 Å². The SMILES string of the molecule is CNC(=O)CCCc1ccc(N2C(=S)N(c3cnc(C#N)c(C(F)(F)F)c3)C(=O)C2(C)C)cc1. The van der Waals surface area contributed by atoms with Crippen molar-refractivity contribution < 1.29 is 22.8 Å². The van der Waals surface area contributed by atoms with Gasteiger partial charge in [-0.2, -0.15) is 18.4 Å². The molecule has 0 unspecified atom stereocenters. The van der Waals surface area contributed by atoms with Gasteiger partial charge in [-0.15, -0.1) is 0 Å². The van der Waals surface area contributed by atoms with Crippen LogP contribution in [0, 0.1) is 11.3 Å². The Kier molecular flexibility index (Phi) is 6.93. The zero-order valence-corrected chi connectivity index (χ0v) is 19.5. The average Bonchev–Trinajstić information content (AvgIpc) is 2.96. The number of alkyl halides is 3. The molecule has 7 nitrogen and oxygen atoms in total. The molecule has 1 aromatic heterocycles. The van der Waals surface area contributed by atoms with Gasteiger partial charge in [0.2, 0.25) is 5.91 Å². The molecule has 0 saturated carbocycles. The minimum atomic E-state index is -4.82. The Morgan fingerprint density at radius 2 is 1.88 bits per heavy atom. The fourth-order valence-corrected chi connectivity index (χ4v) is 4.25. The molecule has 11 heteroatoms. The van der Waals surface area contributed by atoms with Crippen LogP contribution in [0.25, 0.3) is 0 Å². The molecular formula is C23H22F3N5O2S. The molecule has 1 saturated heterocycles. The quantitative estimate of drug-likeness (QED) is 0.618. The smallest absolute Gasteiger partial charge is 0.359 e. The largest absolute Gasteiger partial charge is 0.419 e. The Bertz CT molecular complexity index is 1170. The fourth-order valence-electron chi connectivity index (χ4n) is 3.73. The van der Waals surface area contributed by atoms with Crippen LogP contribution in [-0.4, -0.2) is 34.5 Å². The minimum Gasteiger partial charge on any atom is -0.359 e. The number of halogens is 3. The van der Waals surface area contributed by atoms with Gasteiger partial charge in [-0.1, -0.05) is 12.1 Å². The summed E-state index contributed by atoms with van der Waals surface area (Å²) in [5.41, 5.74) is -1.77. The predicted molar refractivity (Wildman–Crippen MR) is 124 cm³/mol. The third-order valence-corrected chi connectivity index (χ3v) is 5.92. The molecule has 2 heterocycles. The molecule has 3 rings (SSSR count). The van der Waals surface area contributed by atoms with E-state index in [-0.39, 0.29) is 16.7 Å². The van der Waals surface area contributed by atoms with Crippen LogP contribution in [0.5, 0.6) is 0 Å². The van der Waals surface area contributed by atoms with Crippen LogP contribution in [0.3, 0.4) is 0 Å².